The van der Waals surface area contributed by atoms with Gasteiger partial charge in [0.1, 0.15) is 12.4 Å². The second-order valence-electron chi connectivity index (χ2n) is 8.87. The SMILES string of the molecule is CCOC(=O)Cn1nnnc1[C@H](CC)N(Cc1ccc(F)cc1)Cc1cc2cc3c(cc2[nH]c1=O)OCO3. The first-order valence-corrected chi connectivity index (χ1v) is 12.3. The lowest BCUT2D eigenvalue weighted by molar-refractivity contribution is -0.144. The predicted octanol–water partition coefficient (Wildman–Crippen LogP) is 3.10. The number of aromatic amines is 1. The van der Waals surface area contributed by atoms with Crippen molar-refractivity contribution in [2.24, 2.45) is 0 Å². The van der Waals surface area contributed by atoms with E-state index in [9.17, 15) is 14.0 Å². The number of halogens is 1. The number of benzene rings is 2. The first-order chi connectivity index (χ1) is 18.4. The van der Waals surface area contributed by atoms with Crippen molar-refractivity contribution in [1.82, 2.24) is 30.1 Å². The molecule has 1 atom stereocenters. The molecule has 0 amide bonds. The number of nitrogens with one attached hydrogen (secondary N) is 1. The minimum atomic E-state index is -0.453. The summed E-state index contributed by atoms with van der Waals surface area (Å²) >= 11 is 0. The zero-order chi connectivity index (χ0) is 26.6. The minimum absolute atomic E-state index is 0.132. The molecule has 3 heterocycles. The Hall–Kier alpha value is -4.32. The number of esters is 1. The Kier molecular flexibility index (Phi) is 7.31. The molecule has 5 rings (SSSR count). The van der Waals surface area contributed by atoms with E-state index in [1.54, 1.807) is 25.1 Å². The number of aromatic nitrogens is 5. The quantitative estimate of drug-likeness (QED) is 0.313. The fourth-order valence-electron chi connectivity index (χ4n) is 4.57. The van der Waals surface area contributed by atoms with Crippen LogP contribution in [0.4, 0.5) is 4.39 Å². The van der Waals surface area contributed by atoms with E-state index in [4.69, 9.17) is 14.2 Å². The van der Waals surface area contributed by atoms with E-state index in [2.05, 4.69) is 20.5 Å². The highest BCUT2D eigenvalue weighted by Crippen LogP contribution is 2.35. The molecule has 0 fully saturated rings. The average molecular weight is 523 g/mol. The van der Waals surface area contributed by atoms with Gasteiger partial charge in [0.25, 0.3) is 5.56 Å². The molecule has 1 N–H and O–H groups in total. The number of nitrogens with zero attached hydrogens (tertiary/aromatic N) is 5. The van der Waals surface area contributed by atoms with Gasteiger partial charge in [0.2, 0.25) is 6.79 Å². The summed E-state index contributed by atoms with van der Waals surface area (Å²) in [6.07, 6.45) is 0.578. The third-order valence-corrected chi connectivity index (χ3v) is 6.36. The van der Waals surface area contributed by atoms with Crippen LogP contribution >= 0.6 is 0 Å². The van der Waals surface area contributed by atoms with Crippen LogP contribution in [-0.4, -0.2) is 49.5 Å². The number of carbonyl (C=O) groups is 1. The lowest BCUT2D eigenvalue weighted by Gasteiger charge is -2.30. The van der Waals surface area contributed by atoms with Crippen molar-refractivity contribution < 1.29 is 23.4 Å². The molecule has 198 valence electrons. The van der Waals surface area contributed by atoms with E-state index in [1.807, 2.05) is 24.0 Å². The van der Waals surface area contributed by atoms with Gasteiger partial charge in [-0.2, -0.15) is 0 Å². The number of rotatable bonds is 10. The predicted molar refractivity (Wildman–Crippen MR) is 134 cm³/mol. The van der Waals surface area contributed by atoms with Crippen LogP contribution in [0.5, 0.6) is 11.5 Å². The Labute approximate surface area is 217 Å². The maximum atomic E-state index is 13.6. The maximum absolute atomic E-state index is 13.6. The zero-order valence-corrected chi connectivity index (χ0v) is 21.0. The van der Waals surface area contributed by atoms with Crippen LogP contribution < -0.4 is 15.0 Å². The zero-order valence-electron chi connectivity index (χ0n) is 21.0. The molecule has 38 heavy (non-hydrogen) atoms. The summed E-state index contributed by atoms with van der Waals surface area (Å²) in [5.41, 5.74) is 1.75. The Morgan fingerprint density at radius 1 is 1.16 bits per heavy atom. The van der Waals surface area contributed by atoms with Crippen LogP contribution in [0.25, 0.3) is 10.9 Å². The second-order valence-corrected chi connectivity index (χ2v) is 8.87. The van der Waals surface area contributed by atoms with Crippen molar-refractivity contribution in [3.05, 3.63) is 75.6 Å². The van der Waals surface area contributed by atoms with Crippen LogP contribution in [0.2, 0.25) is 0 Å². The molecule has 0 saturated carbocycles. The van der Waals surface area contributed by atoms with E-state index in [0.717, 1.165) is 10.9 Å². The van der Waals surface area contributed by atoms with Gasteiger partial charge >= 0.3 is 5.97 Å². The minimum Gasteiger partial charge on any atom is -0.465 e. The average Bonchev–Trinajstić information content (AvgIpc) is 3.54. The topological polar surface area (TPSA) is 124 Å². The van der Waals surface area contributed by atoms with Crippen LogP contribution in [0.15, 0.2) is 47.3 Å². The van der Waals surface area contributed by atoms with Gasteiger partial charge in [0.05, 0.1) is 18.2 Å². The molecule has 0 saturated heterocycles. The number of H-pyrrole nitrogens is 1. The van der Waals surface area contributed by atoms with Gasteiger partial charge in [-0.25, -0.2) is 9.07 Å². The molecule has 2 aromatic carbocycles. The summed E-state index contributed by atoms with van der Waals surface area (Å²) in [7, 11) is 0. The molecule has 1 aliphatic rings. The van der Waals surface area contributed by atoms with E-state index in [0.29, 0.717) is 41.4 Å². The van der Waals surface area contributed by atoms with Crippen molar-refractivity contribution in [1.29, 1.82) is 0 Å². The number of hydrogen-bond acceptors (Lipinski definition) is 9. The van der Waals surface area contributed by atoms with E-state index in [1.165, 1.54) is 16.8 Å². The standard InChI is InChI=1S/C26H27FN6O5/c1-3-21(25-29-30-31-33(25)14-24(34)36-4-2)32(12-16-5-7-19(27)8-6-16)13-18-9-17-10-22-23(38-15-37-22)11-20(17)28-26(18)35/h5-11,21H,3-4,12-15H2,1-2H3,(H,28,35)/t21-/m0/s1. The number of fused-ring (bicyclic) bond motifs is 2. The molecule has 0 radical (unpaired) electrons. The first-order valence-electron chi connectivity index (χ1n) is 12.3. The van der Waals surface area contributed by atoms with Gasteiger partial charge in [0, 0.05) is 30.1 Å². The van der Waals surface area contributed by atoms with Gasteiger partial charge in [0.15, 0.2) is 17.3 Å². The highest BCUT2D eigenvalue weighted by Gasteiger charge is 2.27. The summed E-state index contributed by atoms with van der Waals surface area (Å²) in [6, 6.07) is 11.2. The van der Waals surface area contributed by atoms with Crippen molar-refractivity contribution >= 4 is 16.9 Å². The second kappa shape index (κ2) is 11.0. The number of pyridine rings is 1. The van der Waals surface area contributed by atoms with Crippen LogP contribution in [0.1, 0.15) is 43.3 Å². The molecule has 1 aliphatic heterocycles. The lowest BCUT2D eigenvalue weighted by Crippen LogP contribution is -2.33. The molecule has 12 heteroatoms. The molecular formula is C26H27FN6O5. The first kappa shape index (κ1) is 25.3. The fraction of sp³-hybridized carbons (Fsp3) is 0.346. The molecule has 0 unspecified atom stereocenters. The fourth-order valence-corrected chi connectivity index (χ4v) is 4.57. The highest BCUT2D eigenvalue weighted by molar-refractivity contribution is 5.83. The Morgan fingerprint density at radius 2 is 1.92 bits per heavy atom. The normalized spacial score (nSPS) is 13.3. The van der Waals surface area contributed by atoms with Crippen molar-refractivity contribution in [3.63, 3.8) is 0 Å². The van der Waals surface area contributed by atoms with Crippen molar-refractivity contribution in [3.8, 4) is 11.5 Å². The van der Waals surface area contributed by atoms with Crippen LogP contribution in [0.3, 0.4) is 0 Å². The summed E-state index contributed by atoms with van der Waals surface area (Å²) in [5.74, 6) is 0.867. The van der Waals surface area contributed by atoms with Crippen LogP contribution in [-0.2, 0) is 29.2 Å². The number of hydrogen-bond donors (Lipinski definition) is 1. The summed E-state index contributed by atoms with van der Waals surface area (Å²) in [5, 5.41) is 12.8. The Bertz CT molecular complexity index is 1500. The van der Waals surface area contributed by atoms with Crippen molar-refractivity contribution in [2.45, 2.75) is 45.9 Å². The number of ether oxygens (including phenoxy) is 3. The van der Waals surface area contributed by atoms with E-state index in [-0.39, 0.29) is 43.9 Å². The molecule has 0 spiro atoms. The lowest BCUT2D eigenvalue weighted by atomic mass is 10.1. The summed E-state index contributed by atoms with van der Waals surface area (Å²) in [6.45, 7) is 4.55. The summed E-state index contributed by atoms with van der Waals surface area (Å²) in [4.78, 5) is 30.3. The Morgan fingerprint density at radius 3 is 2.66 bits per heavy atom. The van der Waals surface area contributed by atoms with Gasteiger partial charge in [-0.3, -0.25) is 14.5 Å². The van der Waals surface area contributed by atoms with Gasteiger partial charge in [-0.05, 0) is 53.6 Å². The molecule has 4 aromatic rings. The Balaban J connectivity index is 1.51. The van der Waals surface area contributed by atoms with Gasteiger partial charge in [-0.15, -0.1) is 5.10 Å². The van der Waals surface area contributed by atoms with Crippen LogP contribution in [0, 0.1) is 5.82 Å². The van der Waals surface area contributed by atoms with E-state index < -0.39 is 5.97 Å². The molecule has 11 nitrogen and oxygen atoms in total. The smallest absolute Gasteiger partial charge is 0.327 e. The van der Waals surface area contributed by atoms with E-state index >= 15 is 0 Å². The molecule has 0 aliphatic carbocycles. The monoisotopic (exact) mass is 522 g/mol. The van der Waals surface area contributed by atoms with Gasteiger partial charge in [-0.1, -0.05) is 19.1 Å². The molecule has 2 aromatic heterocycles. The third kappa shape index (κ3) is 5.35. The third-order valence-electron chi connectivity index (χ3n) is 6.36. The number of carbonyl (C=O) groups excluding carboxylic acids is 1. The number of tetrazole rings is 1. The highest BCUT2D eigenvalue weighted by atomic mass is 19.1. The van der Waals surface area contributed by atoms with Crippen molar-refractivity contribution in [2.75, 3.05) is 13.4 Å². The molecule has 0 bridgehead atoms. The largest absolute Gasteiger partial charge is 0.465 e. The maximum Gasteiger partial charge on any atom is 0.327 e. The van der Waals surface area contributed by atoms with Gasteiger partial charge < -0.3 is 19.2 Å². The molecular weight excluding hydrogens is 495 g/mol. The summed E-state index contributed by atoms with van der Waals surface area (Å²) < 4.78 is 31.0.